The van der Waals surface area contributed by atoms with E-state index in [2.05, 4.69) is 4.74 Å². The third-order valence-electron chi connectivity index (χ3n) is 2.87. The van der Waals surface area contributed by atoms with Crippen LogP contribution in [0.1, 0.15) is 23.1 Å². The van der Waals surface area contributed by atoms with Gasteiger partial charge in [-0.2, -0.15) is 8.78 Å². The van der Waals surface area contributed by atoms with Crippen molar-refractivity contribution in [3.05, 3.63) is 34.9 Å². The Kier molecular flexibility index (Phi) is 2.74. The van der Waals surface area contributed by atoms with Crippen molar-refractivity contribution in [1.29, 1.82) is 0 Å². The third kappa shape index (κ3) is 1.88. The molecule has 0 saturated heterocycles. The maximum atomic E-state index is 13.7. The van der Waals surface area contributed by atoms with Gasteiger partial charge in [-0.1, -0.05) is 18.2 Å². The molecule has 3 heteroatoms. The minimum atomic E-state index is -2.86. The summed E-state index contributed by atoms with van der Waals surface area (Å²) in [6.07, 6.45) is 2.67. The number of alkyl halides is 2. The van der Waals surface area contributed by atoms with E-state index < -0.39 is 12.5 Å². The van der Waals surface area contributed by atoms with Gasteiger partial charge in [0, 0.05) is 12.7 Å². The monoisotopic (exact) mass is 212 g/mol. The number of ether oxygens (including phenoxy) is 1. The van der Waals surface area contributed by atoms with Crippen molar-refractivity contribution in [3.63, 3.8) is 0 Å². The maximum Gasteiger partial charge on any atom is 0.296 e. The summed E-state index contributed by atoms with van der Waals surface area (Å²) in [4.78, 5) is 0. The number of benzene rings is 1. The number of halogens is 2. The van der Waals surface area contributed by atoms with Gasteiger partial charge in [0.1, 0.15) is 6.61 Å². The Hall–Kier alpha value is -0.960. The summed E-state index contributed by atoms with van der Waals surface area (Å²) in [5.41, 5.74) is 2.06. The lowest BCUT2D eigenvalue weighted by Gasteiger charge is -2.18. The molecule has 1 nitrogen and oxygen atoms in total. The normalized spacial score (nSPS) is 15.4. The van der Waals surface area contributed by atoms with E-state index in [0.717, 1.165) is 30.4 Å². The van der Waals surface area contributed by atoms with E-state index in [1.165, 1.54) is 13.2 Å². The molecule has 0 atom stereocenters. The molecule has 0 unspecified atom stereocenters. The van der Waals surface area contributed by atoms with Crippen LogP contribution in [0, 0.1) is 0 Å². The molecule has 1 aliphatic carbocycles. The molecule has 0 saturated carbocycles. The van der Waals surface area contributed by atoms with E-state index in [-0.39, 0.29) is 5.56 Å². The zero-order chi connectivity index (χ0) is 10.9. The molecular formula is C12H14F2O. The van der Waals surface area contributed by atoms with Crippen molar-refractivity contribution in [2.45, 2.75) is 25.2 Å². The Morgan fingerprint density at radius 2 is 2.13 bits per heavy atom. The van der Waals surface area contributed by atoms with Gasteiger partial charge >= 0.3 is 0 Å². The first-order valence-corrected chi connectivity index (χ1v) is 5.13. The second-order valence-corrected chi connectivity index (χ2v) is 3.93. The largest absolute Gasteiger partial charge is 0.378 e. The number of rotatable bonds is 3. The number of fused-ring (bicyclic) bond motifs is 1. The molecule has 0 heterocycles. The van der Waals surface area contributed by atoms with E-state index in [0.29, 0.717) is 0 Å². The summed E-state index contributed by atoms with van der Waals surface area (Å²) in [5.74, 6) is -2.86. The highest BCUT2D eigenvalue weighted by Crippen LogP contribution is 2.35. The van der Waals surface area contributed by atoms with Crippen molar-refractivity contribution in [2.75, 3.05) is 13.7 Å². The molecule has 15 heavy (non-hydrogen) atoms. The van der Waals surface area contributed by atoms with Gasteiger partial charge in [0.05, 0.1) is 0 Å². The van der Waals surface area contributed by atoms with E-state index in [9.17, 15) is 8.78 Å². The van der Waals surface area contributed by atoms with E-state index >= 15 is 0 Å². The minimum Gasteiger partial charge on any atom is -0.378 e. The highest BCUT2D eigenvalue weighted by Gasteiger charge is 2.35. The van der Waals surface area contributed by atoms with Crippen molar-refractivity contribution < 1.29 is 13.5 Å². The third-order valence-corrected chi connectivity index (χ3v) is 2.87. The van der Waals surface area contributed by atoms with E-state index in [1.54, 1.807) is 6.07 Å². The fourth-order valence-electron chi connectivity index (χ4n) is 2.22. The molecule has 2 rings (SSSR count). The molecule has 0 fully saturated rings. The van der Waals surface area contributed by atoms with Crippen molar-refractivity contribution in [3.8, 4) is 0 Å². The standard InChI is InChI=1S/C12H14F2O/c1-15-8-12(13,14)11-7-3-5-9-4-2-6-10(9)11/h3,5,7H,2,4,6,8H2,1H3. The Bertz CT molecular complexity index is 361. The highest BCUT2D eigenvalue weighted by molar-refractivity contribution is 5.40. The van der Waals surface area contributed by atoms with Crippen molar-refractivity contribution >= 4 is 0 Å². The summed E-state index contributed by atoms with van der Waals surface area (Å²) < 4.78 is 31.9. The van der Waals surface area contributed by atoms with Crippen LogP contribution in [-0.4, -0.2) is 13.7 Å². The Morgan fingerprint density at radius 3 is 2.87 bits per heavy atom. The summed E-state index contributed by atoms with van der Waals surface area (Å²) in [5, 5.41) is 0. The van der Waals surface area contributed by atoms with Gasteiger partial charge in [0.2, 0.25) is 0 Å². The topological polar surface area (TPSA) is 9.23 Å². The molecule has 0 aliphatic heterocycles. The van der Waals surface area contributed by atoms with Gasteiger partial charge in [-0.05, 0) is 30.4 Å². The average Bonchev–Trinajstić information content (AvgIpc) is 2.64. The van der Waals surface area contributed by atoms with Crippen LogP contribution in [0.15, 0.2) is 18.2 Å². The maximum absolute atomic E-state index is 13.7. The van der Waals surface area contributed by atoms with Gasteiger partial charge in [-0.25, -0.2) is 0 Å². The summed E-state index contributed by atoms with van der Waals surface area (Å²) >= 11 is 0. The van der Waals surface area contributed by atoms with Crippen molar-refractivity contribution in [2.24, 2.45) is 0 Å². The van der Waals surface area contributed by atoms with Crippen LogP contribution < -0.4 is 0 Å². The minimum absolute atomic E-state index is 0.152. The second kappa shape index (κ2) is 3.89. The molecular weight excluding hydrogens is 198 g/mol. The molecule has 0 radical (unpaired) electrons. The number of hydrogen-bond donors (Lipinski definition) is 0. The predicted octanol–water partition coefficient (Wildman–Crippen LogP) is 2.91. The SMILES string of the molecule is COCC(F)(F)c1cccc2c1CCC2. The molecule has 1 aliphatic rings. The summed E-state index contributed by atoms with van der Waals surface area (Å²) in [7, 11) is 1.30. The molecule has 82 valence electrons. The van der Waals surface area contributed by atoms with Crippen molar-refractivity contribution in [1.82, 2.24) is 0 Å². The van der Waals surface area contributed by atoms with Crippen LogP contribution in [0.5, 0.6) is 0 Å². The highest BCUT2D eigenvalue weighted by atomic mass is 19.3. The lowest BCUT2D eigenvalue weighted by Crippen LogP contribution is -2.22. The van der Waals surface area contributed by atoms with Gasteiger partial charge in [-0.15, -0.1) is 0 Å². The Balaban J connectivity index is 2.40. The smallest absolute Gasteiger partial charge is 0.296 e. The number of methoxy groups -OCH3 is 1. The van der Waals surface area contributed by atoms with Gasteiger partial charge in [0.25, 0.3) is 5.92 Å². The second-order valence-electron chi connectivity index (χ2n) is 3.93. The lowest BCUT2D eigenvalue weighted by atomic mass is 9.99. The molecule has 0 bridgehead atoms. The van der Waals surface area contributed by atoms with Gasteiger partial charge < -0.3 is 4.74 Å². The molecule has 0 aromatic heterocycles. The number of aryl methyl sites for hydroxylation is 1. The first-order valence-electron chi connectivity index (χ1n) is 5.13. The summed E-state index contributed by atoms with van der Waals surface area (Å²) in [6.45, 7) is -0.538. The molecule has 0 spiro atoms. The summed E-state index contributed by atoms with van der Waals surface area (Å²) in [6, 6.07) is 5.17. The van der Waals surface area contributed by atoms with E-state index in [1.807, 2.05) is 6.07 Å². The molecule has 0 amide bonds. The molecule has 1 aromatic carbocycles. The van der Waals surface area contributed by atoms with Crippen LogP contribution in [-0.2, 0) is 23.5 Å². The first-order chi connectivity index (χ1) is 7.15. The van der Waals surface area contributed by atoms with E-state index in [4.69, 9.17) is 0 Å². The van der Waals surface area contributed by atoms with Gasteiger partial charge in [0.15, 0.2) is 0 Å². The zero-order valence-corrected chi connectivity index (χ0v) is 8.72. The zero-order valence-electron chi connectivity index (χ0n) is 8.72. The van der Waals surface area contributed by atoms with Crippen LogP contribution in [0.25, 0.3) is 0 Å². The number of hydrogen-bond acceptors (Lipinski definition) is 1. The van der Waals surface area contributed by atoms with Crippen LogP contribution >= 0.6 is 0 Å². The predicted molar refractivity (Wildman–Crippen MR) is 54.2 cm³/mol. The molecule has 1 aromatic rings. The average molecular weight is 212 g/mol. The Labute approximate surface area is 88.1 Å². The quantitative estimate of drug-likeness (QED) is 0.748. The lowest BCUT2D eigenvalue weighted by molar-refractivity contribution is -0.0703. The van der Waals surface area contributed by atoms with Crippen LogP contribution in [0.4, 0.5) is 8.78 Å². The fourth-order valence-corrected chi connectivity index (χ4v) is 2.22. The fraction of sp³-hybridized carbons (Fsp3) is 0.500. The van der Waals surface area contributed by atoms with Gasteiger partial charge in [-0.3, -0.25) is 0 Å². The van der Waals surface area contributed by atoms with Crippen LogP contribution in [0.3, 0.4) is 0 Å². The first kappa shape index (κ1) is 10.6. The van der Waals surface area contributed by atoms with Crippen LogP contribution in [0.2, 0.25) is 0 Å². The molecule has 0 N–H and O–H groups in total. The Morgan fingerprint density at radius 1 is 1.33 bits per heavy atom.